The molecule has 2 aromatic heterocycles. The van der Waals surface area contributed by atoms with Gasteiger partial charge >= 0.3 is 5.97 Å². The van der Waals surface area contributed by atoms with E-state index in [1.54, 1.807) is 5.38 Å². The van der Waals surface area contributed by atoms with Gasteiger partial charge in [0, 0.05) is 16.9 Å². The van der Waals surface area contributed by atoms with Crippen LogP contribution in [0.1, 0.15) is 5.69 Å². The third-order valence-corrected chi connectivity index (χ3v) is 9.79. The maximum absolute atomic E-state index is 13.1. The summed E-state index contributed by atoms with van der Waals surface area (Å²) in [6.45, 7) is 3.60. The molecule has 196 valence electrons. The zero-order valence-corrected chi connectivity index (χ0v) is 22.8. The van der Waals surface area contributed by atoms with Crippen LogP contribution in [-0.4, -0.2) is 73.0 Å². The number of thioether (sulfide) groups is 2. The fourth-order valence-electron chi connectivity index (χ4n) is 3.82. The number of aliphatic carboxylic acids is 1. The second kappa shape index (κ2) is 11.1. The third-order valence-electron chi connectivity index (χ3n) is 5.51. The van der Waals surface area contributed by atoms with Gasteiger partial charge in [0.05, 0.1) is 10.2 Å². The first-order valence-corrected chi connectivity index (χ1v) is 14.8. The first kappa shape index (κ1) is 26.2. The van der Waals surface area contributed by atoms with Crippen molar-refractivity contribution in [1.82, 2.24) is 20.2 Å². The number of anilines is 1. The third kappa shape index (κ3) is 5.14. The highest BCUT2D eigenvalue weighted by molar-refractivity contribution is 8.02. The average molecular weight is 589 g/mol. The maximum Gasteiger partial charge on any atom is 0.352 e. The largest absolute Gasteiger partial charge is 0.477 e. The number of aromatic nitrogens is 2. The van der Waals surface area contributed by atoms with Gasteiger partial charge in [0.2, 0.25) is 0 Å². The van der Waals surface area contributed by atoms with Gasteiger partial charge < -0.3 is 21.0 Å². The number of nitrogen functional groups attached to an aromatic ring is 1. The van der Waals surface area contributed by atoms with Crippen LogP contribution >= 0.6 is 46.2 Å². The Morgan fingerprint density at radius 1 is 1.37 bits per heavy atom. The van der Waals surface area contributed by atoms with Crippen LogP contribution in [0.25, 0.3) is 10.2 Å². The molecule has 0 saturated carbocycles. The molecule has 15 heteroatoms. The number of nitrogens with two attached hydrogens (primary N) is 1. The summed E-state index contributed by atoms with van der Waals surface area (Å²) < 4.78 is 1.87. The minimum atomic E-state index is -1.19. The van der Waals surface area contributed by atoms with Gasteiger partial charge in [0.15, 0.2) is 15.2 Å². The van der Waals surface area contributed by atoms with E-state index < -0.39 is 29.2 Å². The molecule has 1 saturated heterocycles. The summed E-state index contributed by atoms with van der Waals surface area (Å²) in [7, 11) is 0. The lowest BCUT2D eigenvalue weighted by Crippen LogP contribution is -2.71. The summed E-state index contributed by atoms with van der Waals surface area (Å²) in [5.41, 5.74) is 7.22. The molecule has 1 aromatic carbocycles. The number of carbonyl (C=O) groups excluding carboxylic acids is 2. The molecule has 5 rings (SSSR count). The number of thiazole rings is 2. The molecule has 0 aliphatic carbocycles. The van der Waals surface area contributed by atoms with E-state index in [0.717, 1.165) is 25.9 Å². The second-order valence-electron chi connectivity index (χ2n) is 7.95. The van der Waals surface area contributed by atoms with Gasteiger partial charge in [-0.05, 0) is 17.7 Å². The number of hydrogen-bond donors (Lipinski definition) is 3. The van der Waals surface area contributed by atoms with Gasteiger partial charge in [-0.2, -0.15) is 0 Å². The van der Waals surface area contributed by atoms with E-state index in [-0.39, 0.29) is 28.8 Å². The molecular formula is C23H20N6O5S4. The first-order valence-electron chi connectivity index (χ1n) is 11.1. The number of para-hydroxylation sites is 1. The first-order chi connectivity index (χ1) is 18.4. The number of benzene rings is 1. The number of rotatable bonds is 10. The van der Waals surface area contributed by atoms with Crippen LogP contribution in [0.2, 0.25) is 0 Å². The van der Waals surface area contributed by atoms with E-state index in [0.29, 0.717) is 17.1 Å². The van der Waals surface area contributed by atoms with Crippen LogP contribution < -0.4 is 11.1 Å². The predicted molar refractivity (Wildman–Crippen MR) is 149 cm³/mol. The Kier molecular flexibility index (Phi) is 7.69. The average Bonchev–Trinajstić information content (AvgIpc) is 3.53. The smallest absolute Gasteiger partial charge is 0.352 e. The Labute approximate surface area is 232 Å². The lowest BCUT2D eigenvalue weighted by atomic mass is 10.0. The number of nitrogens with one attached hydrogen (secondary N) is 1. The number of carboxylic acids is 1. The van der Waals surface area contributed by atoms with E-state index in [4.69, 9.17) is 10.6 Å². The van der Waals surface area contributed by atoms with E-state index in [9.17, 15) is 19.5 Å². The van der Waals surface area contributed by atoms with Crippen LogP contribution in [0, 0.1) is 0 Å². The highest BCUT2D eigenvalue weighted by Crippen LogP contribution is 2.42. The predicted octanol–water partition coefficient (Wildman–Crippen LogP) is 2.77. The molecule has 2 atom stereocenters. The van der Waals surface area contributed by atoms with Crippen molar-refractivity contribution < 1.29 is 24.3 Å². The number of amides is 2. The summed E-state index contributed by atoms with van der Waals surface area (Å²) in [4.78, 5) is 53.3. The van der Waals surface area contributed by atoms with Crippen molar-refractivity contribution >= 4 is 85.0 Å². The zero-order chi connectivity index (χ0) is 26.8. The van der Waals surface area contributed by atoms with Gasteiger partial charge in [-0.15, -0.1) is 34.4 Å². The quantitative estimate of drug-likeness (QED) is 0.0802. The molecule has 0 radical (unpaired) electrons. The minimum absolute atomic E-state index is 0.0478. The molecule has 38 heavy (non-hydrogen) atoms. The molecule has 1 unspecified atom stereocenters. The topological polar surface area (TPSA) is 160 Å². The Morgan fingerprint density at radius 2 is 2.18 bits per heavy atom. The van der Waals surface area contributed by atoms with Crippen LogP contribution in [0.5, 0.6) is 0 Å². The van der Waals surface area contributed by atoms with Gasteiger partial charge in [0.1, 0.15) is 29.4 Å². The lowest BCUT2D eigenvalue weighted by Gasteiger charge is -2.49. The number of hydrogen-bond acceptors (Lipinski definition) is 12. The van der Waals surface area contributed by atoms with Crippen molar-refractivity contribution in [2.45, 2.75) is 15.8 Å². The molecule has 11 nitrogen and oxygen atoms in total. The SMILES string of the molecule is C=CCO/N=C(\C(=O)NC1C(=O)N2C(C(=O)O)=C(CSc3nc4ccccc4s3)CS[C@H]12)c1csc(N)n1. The normalized spacial score (nSPS) is 19.2. The van der Waals surface area contributed by atoms with Crippen molar-refractivity contribution in [3.63, 3.8) is 0 Å². The van der Waals surface area contributed by atoms with Crippen LogP contribution in [0.3, 0.4) is 0 Å². The van der Waals surface area contributed by atoms with Crippen molar-refractivity contribution in [1.29, 1.82) is 0 Å². The van der Waals surface area contributed by atoms with Crippen molar-refractivity contribution in [3.8, 4) is 0 Å². The molecule has 3 aromatic rings. The summed E-state index contributed by atoms with van der Waals surface area (Å²) in [5, 5.41) is 17.7. The Morgan fingerprint density at radius 3 is 2.89 bits per heavy atom. The number of fused-ring (bicyclic) bond motifs is 2. The second-order valence-corrected chi connectivity index (χ2v) is 12.2. The standard InChI is InChI=1S/C23H20N6O5S4/c1-2-7-34-28-15(13-10-36-22(24)25-13)18(30)27-16-19(31)29-17(21(32)33)11(8-35-20(16)29)9-37-23-26-12-5-3-4-6-14(12)38-23/h2-6,10,16,20H,1,7-9H2,(H2,24,25)(H,27,30)(H,32,33)/b28-15-/t16?,20-/m1/s1. The molecule has 0 bridgehead atoms. The number of carbonyl (C=O) groups is 3. The van der Waals surface area contributed by atoms with Crippen molar-refractivity contribution in [2.24, 2.45) is 5.16 Å². The fourth-order valence-corrected chi connectivity index (χ4v) is 7.92. The summed E-state index contributed by atoms with van der Waals surface area (Å²) >= 11 is 5.49. The molecule has 0 spiro atoms. The van der Waals surface area contributed by atoms with Gasteiger partial charge in [-0.3, -0.25) is 14.5 Å². The van der Waals surface area contributed by atoms with Gasteiger partial charge in [-0.25, -0.2) is 14.8 Å². The molecule has 2 amide bonds. The maximum atomic E-state index is 13.1. The number of β-lactam (4-membered cyclic amide) rings is 1. The Balaban J connectivity index is 1.30. The highest BCUT2D eigenvalue weighted by Gasteiger charge is 2.54. The van der Waals surface area contributed by atoms with Crippen LogP contribution in [-0.2, 0) is 19.2 Å². The summed E-state index contributed by atoms with van der Waals surface area (Å²) in [6, 6.07) is 6.84. The molecule has 2 aliphatic rings. The molecular weight excluding hydrogens is 569 g/mol. The van der Waals surface area contributed by atoms with E-state index in [1.165, 1.54) is 45.8 Å². The minimum Gasteiger partial charge on any atom is -0.477 e. The number of carboxylic acid groups (broad SMARTS) is 1. The number of oxime groups is 1. The zero-order valence-electron chi connectivity index (χ0n) is 19.5. The molecule has 2 aliphatic heterocycles. The Bertz CT molecular complexity index is 1460. The van der Waals surface area contributed by atoms with Crippen LogP contribution in [0.4, 0.5) is 5.13 Å². The highest BCUT2D eigenvalue weighted by atomic mass is 32.2. The van der Waals surface area contributed by atoms with E-state index in [1.807, 2.05) is 24.3 Å². The van der Waals surface area contributed by atoms with E-state index >= 15 is 0 Å². The van der Waals surface area contributed by atoms with E-state index in [2.05, 4.69) is 27.0 Å². The fraction of sp³-hybridized carbons (Fsp3) is 0.217. The Hall–Kier alpha value is -3.40. The molecule has 4 N–H and O–H groups in total. The summed E-state index contributed by atoms with van der Waals surface area (Å²) in [6.07, 6.45) is 1.47. The van der Waals surface area contributed by atoms with Crippen molar-refractivity contribution in [2.75, 3.05) is 23.8 Å². The van der Waals surface area contributed by atoms with Gasteiger partial charge in [-0.1, -0.05) is 41.7 Å². The van der Waals surface area contributed by atoms with Gasteiger partial charge in [0.25, 0.3) is 11.8 Å². The lowest BCUT2D eigenvalue weighted by molar-refractivity contribution is -0.150. The molecule has 1 fully saturated rings. The molecule has 4 heterocycles. The number of nitrogens with zero attached hydrogens (tertiary/aromatic N) is 4. The van der Waals surface area contributed by atoms with Crippen LogP contribution in [0.15, 0.2) is 63.1 Å². The monoisotopic (exact) mass is 588 g/mol. The van der Waals surface area contributed by atoms with Crippen molar-refractivity contribution in [3.05, 3.63) is 59.3 Å². The summed E-state index contributed by atoms with van der Waals surface area (Å²) in [5.74, 6) is -1.61.